The highest BCUT2D eigenvalue weighted by Crippen LogP contribution is 2.20. The monoisotopic (exact) mass is 329 g/mol. The molecular weight excluding hydrogens is 317 g/mol. The third-order valence-corrected chi connectivity index (χ3v) is 2.97. The van der Waals surface area contributed by atoms with Crippen LogP contribution in [0.25, 0.3) is 0 Å². The summed E-state index contributed by atoms with van der Waals surface area (Å²) in [6.45, 7) is 0.612. The van der Waals surface area contributed by atoms with Crippen LogP contribution in [0.5, 0.6) is 0 Å². The van der Waals surface area contributed by atoms with Crippen molar-refractivity contribution >= 4 is 34.0 Å². The molecule has 0 aliphatic carbocycles. The highest BCUT2D eigenvalue weighted by atomic mass is 127. The highest BCUT2D eigenvalue weighted by molar-refractivity contribution is 14.1. The first-order chi connectivity index (χ1) is 7.65. The number of nitrogen functional groups attached to an aromatic ring is 1. The second-order valence-electron chi connectivity index (χ2n) is 3.43. The summed E-state index contributed by atoms with van der Waals surface area (Å²) in [5, 5.41) is 7.46. The molecular formula is C10H12IN5. The number of halogens is 1. The first-order valence-corrected chi connectivity index (χ1v) is 5.86. The van der Waals surface area contributed by atoms with Crippen LogP contribution >= 0.6 is 22.6 Å². The van der Waals surface area contributed by atoms with Gasteiger partial charge in [0, 0.05) is 22.0 Å². The molecule has 0 saturated carbocycles. The van der Waals surface area contributed by atoms with Gasteiger partial charge in [-0.2, -0.15) is 5.10 Å². The van der Waals surface area contributed by atoms with E-state index in [1.165, 1.54) is 0 Å². The SMILES string of the molecule is Cn1cnc(CNc2ccc(N)cc2I)n1. The van der Waals surface area contributed by atoms with Crippen LogP contribution in [0.2, 0.25) is 0 Å². The maximum atomic E-state index is 5.68. The van der Waals surface area contributed by atoms with Crippen molar-refractivity contribution in [2.24, 2.45) is 7.05 Å². The number of rotatable bonds is 3. The van der Waals surface area contributed by atoms with Crippen molar-refractivity contribution in [3.8, 4) is 0 Å². The van der Waals surface area contributed by atoms with E-state index in [0.29, 0.717) is 6.54 Å². The van der Waals surface area contributed by atoms with Crippen LogP contribution in [0, 0.1) is 3.57 Å². The van der Waals surface area contributed by atoms with E-state index in [2.05, 4.69) is 38.0 Å². The number of aryl methyl sites for hydroxylation is 1. The normalized spacial score (nSPS) is 10.4. The second kappa shape index (κ2) is 4.69. The quantitative estimate of drug-likeness (QED) is 0.663. The molecule has 0 aliphatic heterocycles. The molecule has 5 nitrogen and oxygen atoms in total. The van der Waals surface area contributed by atoms with E-state index in [9.17, 15) is 0 Å². The fraction of sp³-hybridized carbons (Fsp3) is 0.200. The minimum absolute atomic E-state index is 0.612. The van der Waals surface area contributed by atoms with E-state index in [1.54, 1.807) is 11.0 Å². The van der Waals surface area contributed by atoms with Gasteiger partial charge in [-0.25, -0.2) is 4.98 Å². The van der Waals surface area contributed by atoms with Gasteiger partial charge in [0.2, 0.25) is 0 Å². The van der Waals surface area contributed by atoms with Crippen molar-refractivity contribution in [3.05, 3.63) is 33.9 Å². The Balaban J connectivity index is 2.04. The van der Waals surface area contributed by atoms with Gasteiger partial charge in [0.1, 0.15) is 6.33 Å². The van der Waals surface area contributed by atoms with Crippen LogP contribution in [0.15, 0.2) is 24.5 Å². The molecule has 2 aromatic rings. The zero-order valence-electron chi connectivity index (χ0n) is 8.81. The molecule has 0 bridgehead atoms. The fourth-order valence-electron chi connectivity index (χ4n) is 1.31. The topological polar surface area (TPSA) is 68.8 Å². The standard InChI is InChI=1S/C10H12IN5/c1-16-6-14-10(15-16)5-13-9-3-2-7(12)4-8(9)11/h2-4,6,13H,5,12H2,1H3. The van der Waals surface area contributed by atoms with Gasteiger partial charge < -0.3 is 11.1 Å². The van der Waals surface area contributed by atoms with E-state index in [1.807, 2.05) is 25.2 Å². The Hall–Kier alpha value is -1.31. The highest BCUT2D eigenvalue weighted by Gasteiger charge is 2.02. The molecule has 3 N–H and O–H groups in total. The molecule has 0 amide bonds. The predicted octanol–water partition coefficient (Wildman–Crippen LogP) is 1.61. The number of hydrogen-bond acceptors (Lipinski definition) is 4. The minimum Gasteiger partial charge on any atom is -0.399 e. The lowest BCUT2D eigenvalue weighted by atomic mass is 10.3. The van der Waals surface area contributed by atoms with Gasteiger partial charge in [-0.15, -0.1) is 0 Å². The molecule has 6 heteroatoms. The number of anilines is 2. The van der Waals surface area contributed by atoms with Crippen molar-refractivity contribution in [3.63, 3.8) is 0 Å². The Bertz CT molecular complexity index is 494. The van der Waals surface area contributed by atoms with Gasteiger partial charge in [0.05, 0.1) is 6.54 Å². The van der Waals surface area contributed by atoms with Crippen molar-refractivity contribution in [2.75, 3.05) is 11.1 Å². The molecule has 0 spiro atoms. The van der Waals surface area contributed by atoms with Crippen LogP contribution in [-0.2, 0) is 13.6 Å². The molecule has 1 aromatic heterocycles. The summed E-state index contributed by atoms with van der Waals surface area (Å²) in [5.74, 6) is 0.773. The Kier molecular flexibility index (Phi) is 3.28. The summed E-state index contributed by atoms with van der Waals surface area (Å²) >= 11 is 2.25. The van der Waals surface area contributed by atoms with E-state index < -0.39 is 0 Å². The number of benzene rings is 1. The molecule has 1 aromatic carbocycles. The minimum atomic E-state index is 0.612. The van der Waals surface area contributed by atoms with E-state index >= 15 is 0 Å². The van der Waals surface area contributed by atoms with Crippen LogP contribution in [0.1, 0.15) is 5.82 Å². The third kappa shape index (κ3) is 2.63. The number of nitrogens with two attached hydrogens (primary N) is 1. The second-order valence-corrected chi connectivity index (χ2v) is 4.59. The summed E-state index contributed by atoms with van der Waals surface area (Å²) in [6.07, 6.45) is 1.69. The van der Waals surface area contributed by atoms with Crippen molar-refractivity contribution in [2.45, 2.75) is 6.54 Å². The molecule has 0 fully saturated rings. The third-order valence-electron chi connectivity index (χ3n) is 2.08. The lowest BCUT2D eigenvalue weighted by Gasteiger charge is -2.06. The molecule has 0 radical (unpaired) electrons. The van der Waals surface area contributed by atoms with Gasteiger partial charge in [-0.3, -0.25) is 4.68 Å². The number of nitrogens with one attached hydrogen (secondary N) is 1. The zero-order valence-corrected chi connectivity index (χ0v) is 11.0. The number of aromatic nitrogens is 3. The van der Waals surface area contributed by atoms with Crippen LogP contribution in [0.4, 0.5) is 11.4 Å². The number of hydrogen-bond donors (Lipinski definition) is 2. The largest absolute Gasteiger partial charge is 0.399 e. The molecule has 0 saturated heterocycles. The lowest BCUT2D eigenvalue weighted by molar-refractivity contribution is 0.747. The molecule has 0 unspecified atom stereocenters. The first kappa shape index (κ1) is 11.2. The van der Waals surface area contributed by atoms with Crippen LogP contribution < -0.4 is 11.1 Å². The first-order valence-electron chi connectivity index (χ1n) is 4.78. The van der Waals surface area contributed by atoms with Gasteiger partial charge in [0.15, 0.2) is 5.82 Å². The molecule has 0 aliphatic rings. The van der Waals surface area contributed by atoms with Crippen molar-refractivity contribution in [1.82, 2.24) is 14.8 Å². The van der Waals surface area contributed by atoms with Crippen molar-refractivity contribution in [1.29, 1.82) is 0 Å². The average Bonchev–Trinajstić information content (AvgIpc) is 2.63. The molecule has 1 heterocycles. The van der Waals surface area contributed by atoms with Crippen molar-refractivity contribution < 1.29 is 0 Å². The van der Waals surface area contributed by atoms with E-state index in [-0.39, 0.29) is 0 Å². The maximum absolute atomic E-state index is 5.68. The number of nitrogens with zero attached hydrogens (tertiary/aromatic N) is 3. The van der Waals surface area contributed by atoms with Gasteiger partial charge in [-0.05, 0) is 40.8 Å². The zero-order chi connectivity index (χ0) is 11.5. The molecule has 2 rings (SSSR count). The van der Waals surface area contributed by atoms with E-state index in [0.717, 1.165) is 20.8 Å². The summed E-state index contributed by atoms with van der Waals surface area (Å²) in [7, 11) is 1.85. The Morgan fingerprint density at radius 2 is 2.31 bits per heavy atom. The Labute approximate surface area is 107 Å². The summed E-state index contributed by atoms with van der Waals surface area (Å²) in [6, 6.07) is 5.76. The van der Waals surface area contributed by atoms with E-state index in [4.69, 9.17) is 5.73 Å². The average molecular weight is 329 g/mol. The summed E-state index contributed by atoms with van der Waals surface area (Å²) in [5.41, 5.74) is 7.49. The summed E-state index contributed by atoms with van der Waals surface area (Å²) in [4.78, 5) is 4.14. The molecule has 84 valence electrons. The maximum Gasteiger partial charge on any atom is 0.169 e. The fourth-order valence-corrected chi connectivity index (χ4v) is 2.04. The Morgan fingerprint density at radius 3 is 2.94 bits per heavy atom. The van der Waals surface area contributed by atoms with Crippen LogP contribution in [-0.4, -0.2) is 14.8 Å². The van der Waals surface area contributed by atoms with Gasteiger partial charge >= 0.3 is 0 Å². The lowest BCUT2D eigenvalue weighted by Crippen LogP contribution is -2.03. The van der Waals surface area contributed by atoms with Gasteiger partial charge in [0.25, 0.3) is 0 Å². The summed E-state index contributed by atoms with van der Waals surface area (Å²) < 4.78 is 2.78. The predicted molar refractivity (Wildman–Crippen MR) is 71.9 cm³/mol. The Morgan fingerprint density at radius 1 is 1.50 bits per heavy atom. The smallest absolute Gasteiger partial charge is 0.169 e. The van der Waals surface area contributed by atoms with Crippen LogP contribution in [0.3, 0.4) is 0 Å². The molecule has 0 atom stereocenters. The van der Waals surface area contributed by atoms with Gasteiger partial charge in [-0.1, -0.05) is 0 Å². The molecule has 16 heavy (non-hydrogen) atoms.